The minimum atomic E-state index is -0.498. The van der Waals surface area contributed by atoms with Gasteiger partial charge in [0.1, 0.15) is 11.5 Å². The summed E-state index contributed by atoms with van der Waals surface area (Å²) in [6.07, 6.45) is 11.8. The lowest BCUT2D eigenvalue weighted by Crippen LogP contribution is -2.23. The summed E-state index contributed by atoms with van der Waals surface area (Å²) >= 11 is 0. The van der Waals surface area contributed by atoms with Crippen LogP contribution in [-0.2, 0) is 11.2 Å². The van der Waals surface area contributed by atoms with Crippen molar-refractivity contribution in [2.24, 2.45) is 16.8 Å². The number of amides is 1. The van der Waals surface area contributed by atoms with E-state index in [-0.39, 0.29) is 5.69 Å². The minimum Gasteiger partial charge on any atom is -0.343 e. The normalized spacial score (nSPS) is 19.3. The van der Waals surface area contributed by atoms with Crippen molar-refractivity contribution in [2.75, 3.05) is 5.32 Å². The first-order chi connectivity index (χ1) is 14.2. The zero-order valence-corrected chi connectivity index (χ0v) is 16.1. The van der Waals surface area contributed by atoms with Crippen molar-refractivity contribution in [3.05, 3.63) is 42.0 Å². The van der Waals surface area contributed by atoms with Gasteiger partial charge in [-0.15, -0.1) is 0 Å². The molecule has 29 heavy (non-hydrogen) atoms. The third kappa shape index (κ3) is 3.22. The van der Waals surface area contributed by atoms with Crippen molar-refractivity contribution < 1.29 is 9.18 Å². The highest BCUT2D eigenvalue weighted by Gasteiger charge is 2.26. The molecule has 0 saturated heterocycles. The van der Waals surface area contributed by atoms with Crippen molar-refractivity contribution in [2.45, 2.75) is 38.5 Å². The lowest BCUT2D eigenvalue weighted by molar-refractivity contribution is -0.105. The molecule has 1 aromatic heterocycles. The van der Waals surface area contributed by atoms with E-state index < -0.39 is 5.82 Å². The van der Waals surface area contributed by atoms with E-state index in [2.05, 4.69) is 27.6 Å². The number of H-pyrrole nitrogens is 1. The summed E-state index contributed by atoms with van der Waals surface area (Å²) in [4.78, 5) is 22.9. The Morgan fingerprint density at radius 1 is 1.17 bits per heavy atom. The van der Waals surface area contributed by atoms with Gasteiger partial charge in [0, 0.05) is 17.7 Å². The molecule has 6 heteroatoms. The number of benzene rings is 2. The number of aromatic amines is 1. The molecule has 5 rings (SSSR count). The SMILES string of the molecule is O=CNc1c(F)cc(-c2ccc3c(c2)N=CC(C2CCCCC2)C3)c2nc[nH]c12. The fourth-order valence-electron chi connectivity index (χ4n) is 4.85. The van der Waals surface area contributed by atoms with Crippen LogP contribution in [0.15, 0.2) is 35.6 Å². The second-order valence-corrected chi connectivity index (χ2v) is 8.06. The van der Waals surface area contributed by atoms with Crippen molar-refractivity contribution in [1.82, 2.24) is 9.97 Å². The van der Waals surface area contributed by atoms with Gasteiger partial charge in [-0.2, -0.15) is 0 Å². The van der Waals surface area contributed by atoms with Crippen molar-refractivity contribution in [3.8, 4) is 11.1 Å². The maximum atomic E-state index is 14.6. The monoisotopic (exact) mass is 390 g/mol. The van der Waals surface area contributed by atoms with E-state index in [0.717, 1.165) is 23.6 Å². The average molecular weight is 390 g/mol. The Morgan fingerprint density at radius 2 is 2.03 bits per heavy atom. The number of carbonyl (C=O) groups excluding carboxylic acids is 1. The molecule has 0 spiro atoms. The average Bonchev–Trinajstić information content (AvgIpc) is 3.25. The van der Waals surface area contributed by atoms with Gasteiger partial charge in [-0.3, -0.25) is 9.79 Å². The van der Waals surface area contributed by atoms with Crippen LogP contribution in [0.2, 0.25) is 0 Å². The quantitative estimate of drug-likeness (QED) is 0.586. The number of carbonyl (C=O) groups is 1. The van der Waals surface area contributed by atoms with Crippen LogP contribution in [-0.4, -0.2) is 22.6 Å². The smallest absolute Gasteiger partial charge is 0.211 e. The lowest BCUT2D eigenvalue weighted by atomic mass is 9.77. The van der Waals surface area contributed by atoms with Gasteiger partial charge in [0.25, 0.3) is 0 Å². The molecule has 5 nitrogen and oxygen atoms in total. The largest absolute Gasteiger partial charge is 0.343 e. The number of rotatable bonds is 4. The number of fused-ring (bicyclic) bond motifs is 2. The molecule has 1 aliphatic heterocycles. The molecular formula is C23H23FN4O. The fourth-order valence-corrected chi connectivity index (χ4v) is 4.85. The number of nitrogens with zero attached hydrogens (tertiary/aromatic N) is 2. The molecular weight excluding hydrogens is 367 g/mol. The topological polar surface area (TPSA) is 70.1 Å². The van der Waals surface area contributed by atoms with Crippen LogP contribution in [0, 0.1) is 17.7 Å². The molecule has 2 heterocycles. The Kier molecular flexibility index (Phi) is 4.62. The van der Waals surface area contributed by atoms with E-state index in [1.165, 1.54) is 50.1 Å². The van der Waals surface area contributed by atoms with Crippen molar-refractivity contribution in [1.29, 1.82) is 0 Å². The number of nitrogens with one attached hydrogen (secondary N) is 2. The molecule has 2 aliphatic rings. The summed E-state index contributed by atoms with van der Waals surface area (Å²) in [5.41, 5.74) is 4.97. The number of imidazole rings is 1. The molecule has 0 bridgehead atoms. The maximum Gasteiger partial charge on any atom is 0.211 e. The molecule has 1 amide bonds. The highest BCUT2D eigenvalue weighted by atomic mass is 19.1. The highest BCUT2D eigenvalue weighted by Crippen LogP contribution is 2.39. The molecule has 148 valence electrons. The predicted molar refractivity (Wildman–Crippen MR) is 113 cm³/mol. The van der Waals surface area contributed by atoms with Crippen LogP contribution < -0.4 is 5.32 Å². The summed E-state index contributed by atoms with van der Waals surface area (Å²) in [6, 6.07) is 7.57. The Hall–Kier alpha value is -3.02. The standard InChI is InChI=1S/C23H23FN4O/c24-19-10-18(21-23(27-12-26-21)22(19)28-13-29)15-6-7-16-8-17(11-25-20(16)9-15)14-4-2-1-3-5-14/h6-7,9-14,17H,1-5,8H2,(H,26,27)(H,28,29). The second kappa shape index (κ2) is 7.43. The van der Waals surface area contributed by atoms with E-state index in [1.807, 2.05) is 12.1 Å². The first-order valence-corrected chi connectivity index (χ1v) is 10.3. The predicted octanol–water partition coefficient (Wildman–Crippen LogP) is 5.39. The summed E-state index contributed by atoms with van der Waals surface area (Å²) in [7, 11) is 0. The molecule has 2 aromatic carbocycles. The Bertz CT molecular complexity index is 1100. The summed E-state index contributed by atoms with van der Waals surface area (Å²) < 4.78 is 14.6. The zero-order valence-electron chi connectivity index (χ0n) is 16.1. The van der Waals surface area contributed by atoms with E-state index in [9.17, 15) is 9.18 Å². The third-order valence-electron chi connectivity index (χ3n) is 6.37. The van der Waals surface area contributed by atoms with Crippen LogP contribution in [0.5, 0.6) is 0 Å². The lowest BCUT2D eigenvalue weighted by Gasteiger charge is -2.30. The third-order valence-corrected chi connectivity index (χ3v) is 6.37. The number of aliphatic imine (C=N–C) groups is 1. The molecule has 3 aromatic rings. The van der Waals surface area contributed by atoms with E-state index in [1.54, 1.807) is 0 Å². The van der Waals surface area contributed by atoms with Crippen LogP contribution in [0.1, 0.15) is 37.7 Å². The number of anilines is 1. The Labute approximate surface area is 168 Å². The molecule has 2 N–H and O–H groups in total. The van der Waals surface area contributed by atoms with Crippen molar-refractivity contribution >= 4 is 35.0 Å². The van der Waals surface area contributed by atoms with Gasteiger partial charge >= 0.3 is 0 Å². The van der Waals surface area contributed by atoms with Gasteiger partial charge < -0.3 is 10.3 Å². The van der Waals surface area contributed by atoms with E-state index >= 15 is 0 Å². The van der Waals surface area contributed by atoms with Gasteiger partial charge in [0.05, 0.1) is 23.0 Å². The molecule has 0 radical (unpaired) electrons. The van der Waals surface area contributed by atoms with Gasteiger partial charge in [-0.05, 0) is 48.4 Å². The Morgan fingerprint density at radius 3 is 2.86 bits per heavy atom. The van der Waals surface area contributed by atoms with Crippen LogP contribution in [0.3, 0.4) is 0 Å². The van der Waals surface area contributed by atoms with Crippen LogP contribution >= 0.6 is 0 Å². The van der Waals surface area contributed by atoms with Gasteiger partial charge in [-0.1, -0.05) is 31.4 Å². The number of hydrogen-bond acceptors (Lipinski definition) is 3. The highest BCUT2D eigenvalue weighted by molar-refractivity contribution is 6.01. The first kappa shape index (κ1) is 18.0. The zero-order chi connectivity index (χ0) is 19.8. The summed E-state index contributed by atoms with van der Waals surface area (Å²) in [5, 5.41) is 2.42. The van der Waals surface area contributed by atoms with Gasteiger partial charge in [0.15, 0.2) is 0 Å². The maximum absolute atomic E-state index is 14.6. The number of aromatic nitrogens is 2. The van der Waals surface area contributed by atoms with E-state index in [4.69, 9.17) is 4.99 Å². The molecule has 1 aliphatic carbocycles. The van der Waals surface area contributed by atoms with Gasteiger partial charge in [0.2, 0.25) is 6.41 Å². The second-order valence-electron chi connectivity index (χ2n) is 8.06. The van der Waals surface area contributed by atoms with Gasteiger partial charge in [-0.25, -0.2) is 9.37 Å². The molecule has 1 saturated carbocycles. The molecule has 1 unspecified atom stereocenters. The molecule has 1 atom stereocenters. The van der Waals surface area contributed by atoms with Crippen LogP contribution in [0.25, 0.3) is 22.2 Å². The first-order valence-electron chi connectivity index (χ1n) is 10.3. The fraction of sp³-hybridized carbons (Fsp3) is 0.348. The van der Waals surface area contributed by atoms with Crippen LogP contribution in [0.4, 0.5) is 15.8 Å². The minimum absolute atomic E-state index is 0.113. The number of hydrogen-bond donors (Lipinski definition) is 2. The van der Waals surface area contributed by atoms with E-state index in [0.29, 0.717) is 28.9 Å². The Balaban J connectivity index is 1.50. The summed E-state index contributed by atoms with van der Waals surface area (Å²) in [6.45, 7) is 0. The van der Waals surface area contributed by atoms with Crippen molar-refractivity contribution in [3.63, 3.8) is 0 Å². The summed E-state index contributed by atoms with van der Waals surface area (Å²) in [5.74, 6) is 0.774. The molecule has 1 fully saturated rings. The number of halogens is 1.